The number of hydrogen-bond acceptors (Lipinski definition) is 2. The Kier molecular flexibility index (Phi) is 4.30. The van der Waals surface area contributed by atoms with Crippen LogP contribution in [0.5, 0.6) is 0 Å². The monoisotopic (exact) mass is 316 g/mol. The summed E-state index contributed by atoms with van der Waals surface area (Å²) in [6.07, 6.45) is 0. The molecule has 3 rings (SSSR count). The van der Waals surface area contributed by atoms with Crippen molar-refractivity contribution in [2.24, 2.45) is 0 Å². The summed E-state index contributed by atoms with van der Waals surface area (Å²) in [5.41, 5.74) is 15.1. The first-order chi connectivity index (χ1) is 11.4. The number of hydrogen-bond donors (Lipinski definition) is 1. The van der Waals surface area contributed by atoms with Gasteiger partial charge < -0.3 is 10.6 Å². The van der Waals surface area contributed by atoms with Gasteiger partial charge in [0.05, 0.1) is 0 Å². The normalized spacial score (nSPS) is 10.7. The molecule has 24 heavy (non-hydrogen) atoms. The zero-order valence-corrected chi connectivity index (χ0v) is 14.8. The van der Waals surface area contributed by atoms with Crippen molar-refractivity contribution in [1.82, 2.24) is 0 Å². The van der Waals surface area contributed by atoms with Gasteiger partial charge in [0.2, 0.25) is 0 Å². The van der Waals surface area contributed by atoms with E-state index in [0.29, 0.717) is 0 Å². The quantitative estimate of drug-likeness (QED) is 0.603. The molecule has 2 nitrogen and oxygen atoms in total. The van der Waals surface area contributed by atoms with Crippen LogP contribution < -0.4 is 10.6 Å². The maximum absolute atomic E-state index is 5.88. The van der Waals surface area contributed by atoms with Gasteiger partial charge in [-0.05, 0) is 98.5 Å². The van der Waals surface area contributed by atoms with Crippen molar-refractivity contribution in [3.05, 3.63) is 82.9 Å². The first kappa shape index (κ1) is 16.1. The summed E-state index contributed by atoms with van der Waals surface area (Å²) >= 11 is 0. The second-order valence-corrected chi connectivity index (χ2v) is 6.62. The molecule has 0 aromatic heterocycles. The smallest absolute Gasteiger partial charge is 0.0466 e. The maximum atomic E-state index is 5.88. The summed E-state index contributed by atoms with van der Waals surface area (Å²) in [6, 6.07) is 21.3. The number of nitrogens with zero attached hydrogens (tertiary/aromatic N) is 1. The Morgan fingerprint density at radius 1 is 0.542 bits per heavy atom. The standard InChI is InChI=1S/C22H24N2/c1-15-9-16(2)12-21(11-15)24(20-7-5-19(23)6-8-20)22-13-17(3)10-18(4)14-22/h5-14H,23H2,1-4H3. The summed E-state index contributed by atoms with van der Waals surface area (Å²) in [6.45, 7) is 8.55. The number of nitrogens with two attached hydrogens (primary N) is 1. The number of nitrogen functional groups attached to an aromatic ring is 1. The molecule has 0 aliphatic carbocycles. The summed E-state index contributed by atoms with van der Waals surface area (Å²) in [5.74, 6) is 0. The van der Waals surface area contributed by atoms with Crippen molar-refractivity contribution in [2.45, 2.75) is 27.7 Å². The van der Waals surface area contributed by atoms with Crippen LogP contribution in [0, 0.1) is 27.7 Å². The third-order valence-corrected chi connectivity index (χ3v) is 4.08. The number of aryl methyl sites for hydroxylation is 4. The highest BCUT2D eigenvalue weighted by Gasteiger charge is 2.14. The van der Waals surface area contributed by atoms with Crippen LogP contribution in [-0.2, 0) is 0 Å². The van der Waals surface area contributed by atoms with Crippen molar-refractivity contribution in [3.63, 3.8) is 0 Å². The van der Waals surface area contributed by atoms with Crippen LogP contribution in [0.25, 0.3) is 0 Å². The van der Waals surface area contributed by atoms with Crippen molar-refractivity contribution < 1.29 is 0 Å². The third kappa shape index (κ3) is 3.43. The Morgan fingerprint density at radius 2 is 0.917 bits per heavy atom. The second-order valence-electron chi connectivity index (χ2n) is 6.62. The zero-order valence-electron chi connectivity index (χ0n) is 14.8. The Balaban J connectivity index is 2.21. The zero-order chi connectivity index (χ0) is 17.3. The van der Waals surface area contributed by atoms with Crippen molar-refractivity contribution >= 4 is 22.7 Å². The first-order valence-electron chi connectivity index (χ1n) is 8.24. The summed E-state index contributed by atoms with van der Waals surface area (Å²) in [4.78, 5) is 2.29. The predicted molar refractivity (Wildman–Crippen MR) is 104 cm³/mol. The minimum atomic E-state index is 0.777. The highest BCUT2D eigenvalue weighted by atomic mass is 15.1. The SMILES string of the molecule is Cc1cc(C)cc(N(c2ccc(N)cc2)c2cc(C)cc(C)c2)c1. The third-order valence-electron chi connectivity index (χ3n) is 4.08. The molecular weight excluding hydrogens is 292 g/mol. The molecule has 0 amide bonds. The molecule has 0 spiro atoms. The van der Waals surface area contributed by atoms with E-state index in [1.165, 1.54) is 33.6 Å². The average Bonchev–Trinajstić information content (AvgIpc) is 2.47. The van der Waals surface area contributed by atoms with Gasteiger partial charge in [-0.15, -0.1) is 0 Å². The highest BCUT2D eigenvalue weighted by Crippen LogP contribution is 2.36. The van der Waals surface area contributed by atoms with E-state index < -0.39 is 0 Å². The van der Waals surface area contributed by atoms with E-state index in [4.69, 9.17) is 5.73 Å². The summed E-state index contributed by atoms with van der Waals surface area (Å²) < 4.78 is 0. The van der Waals surface area contributed by atoms with Crippen LogP contribution in [0.15, 0.2) is 60.7 Å². The van der Waals surface area contributed by atoms with Crippen LogP contribution in [-0.4, -0.2) is 0 Å². The lowest BCUT2D eigenvalue weighted by atomic mass is 10.1. The van der Waals surface area contributed by atoms with Crippen molar-refractivity contribution in [2.75, 3.05) is 10.6 Å². The van der Waals surface area contributed by atoms with Gasteiger partial charge in [0.15, 0.2) is 0 Å². The maximum Gasteiger partial charge on any atom is 0.0466 e. The van der Waals surface area contributed by atoms with Gasteiger partial charge in [-0.3, -0.25) is 0 Å². The largest absolute Gasteiger partial charge is 0.399 e. The van der Waals surface area contributed by atoms with Crippen LogP contribution >= 0.6 is 0 Å². The predicted octanol–water partition coefficient (Wildman–Crippen LogP) is 5.97. The number of anilines is 4. The van der Waals surface area contributed by atoms with E-state index in [0.717, 1.165) is 11.4 Å². The van der Waals surface area contributed by atoms with E-state index >= 15 is 0 Å². The second kappa shape index (κ2) is 6.40. The Morgan fingerprint density at radius 3 is 1.29 bits per heavy atom. The molecule has 0 fully saturated rings. The number of benzene rings is 3. The van der Waals surface area contributed by atoms with Gasteiger partial charge in [0, 0.05) is 22.7 Å². The first-order valence-corrected chi connectivity index (χ1v) is 8.24. The van der Waals surface area contributed by atoms with Crippen LogP contribution in [0.1, 0.15) is 22.3 Å². The molecule has 3 aromatic carbocycles. The summed E-state index contributed by atoms with van der Waals surface area (Å²) in [5, 5.41) is 0. The molecule has 0 bridgehead atoms. The van der Waals surface area contributed by atoms with E-state index in [9.17, 15) is 0 Å². The lowest BCUT2D eigenvalue weighted by Gasteiger charge is -2.27. The minimum absolute atomic E-state index is 0.777. The molecule has 0 saturated carbocycles. The van der Waals surface area contributed by atoms with E-state index in [2.05, 4.69) is 81.1 Å². The molecule has 0 aliphatic rings. The van der Waals surface area contributed by atoms with Gasteiger partial charge in [0.25, 0.3) is 0 Å². The van der Waals surface area contributed by atoms with E-state index in [1.54, 1.807) is 0 Å². The Bertz CT molecular complexity index is 772. The molecule has 0 unspecified atom stereocenters. The van der Waals surface area contributed by atoms with Gasteiger partial charge in [0.1, 0.15) is 0 Å². The van der Waals surface area contributed by atoms with Crippen LogP contribution in [0.3, 0.4) is 0 Å². The molecule has 0 saturated heterocycles. The average molecular weight is 316 g/mol. The van der Waals surface area contributed by atoms with E-state index in [-0.39, 0.29) is 0 Å². The molecular formula is C22H24N2. The number of rotatable bonds is 3. The van der Waals surface area contributed by atoms with Crippen LogP contribution in [0.2, 0.25) is 0 Å². The Labute approximate surface area is 144 Å². The van der Waals surface area contributed by atoms with Gasteiger partial charge >= 0.3 is 0 Å². The molecule has 0 atom stereocenters. The topological polar surface area (TPSA) is 29.3 Å². The fraction of sp³-hybridized carbons (Fsp3) is 0.182. The highest BCUT2D eigenvalue weighted by molar-refractivity contribution is 5.78. The molecule has 2 heteroatoms. The van der Waals surface area contributed by atoms with Crippen LogP contribution in [0.4, 0.5) is 22.7 Å². The molecule has 0 heterocycles. The minimum Gasteiger partial charge on any atom is -0.399 e. The fourth-order valence-electron chi connectivity index (χ4n) is 3.23. The van der Waals surface area contributed by atoms with E-state index in [1.807, 2.05) is 12.1 Å². The lowest BCUT2D eigenvalue weighted by Crippen LogP contribution is -2.11. The fourth-order valence-corrected chi connectivity index (χ4v) is 3.23. The van der Waals surface area contributed by atoms with Crippen molar-refractivity contribution in [3.8, 4) is 0 Å². The molecule has 0 aliphatic heterocycles. The molecule has 122 valence electrons. The Hall–Kier alpha value is -2.74. The van der Waals surface area contributed by atoms with Gasteiger partial charge in [-0.1, -0.05) is 12.1 Å². The van der Waals surface area contributed by atoms with Gasteiger partial charge in [-0.25, -0.2) is 0 Å². The van der Waals surface area contributed by atoms with Gasteiger partial charge in [-0.2, -0.15) is 0 Å². The molecule has 0 radical (unpaired) electrons. The lowest BCUT2D eigenvalue weighted by molar-refractivity contribution is 1.23. The molecule has 3 aromatic rings. The molecule has 2 N–H and O–H groups in total. The van der Waals surface area contributed by atoms with Crippen molar-refractivity contribution in [1.29, 1.82) is 0 Å². The summed E-state index contributed by atoms with van der Waals surface area (Å²) in [7, 11) is 0.